The Morgan fingerprint density at radius 2 is 1.62 bits per heavy atom. The molecule has 0 aromatic heterocycles. The van der Waals surface area contributed by atoms with Crippen LogP contribution in [0, 0.1) is 0 Å². The van der Waals surface area contributed by atoms with Crippen molar-refractivity contribution in [3.63, 3.8) is 0 Å². The smallest absolute Gasteiger partial charge is 0.225 e. The molecule has 0 saturated heterocycles. The van der Waals surface area contributed by atoms with Crippen molar-refractivity contribution in [3.8, 4) is 0 Å². The summed E-state index contributed by atoms with van der Waals surface area (Å²) in [6, 6.07) is 13.5. The maximum Gasteiger partial charge on any atom is 0.225 e. The van der Waals surface area contributed by atoms with Gasteiger partial charge in [-0.2, -0.15) is 0 Å². The highest BCUT2D eigenvalue weighted by Crippen LogP contribution is 2.29. The van der Waals surface area contributed by atoms with Gasteiger partial charge in [0, 0.05) is 0 Å². The van der Waals surface area contributed by atoms with E-state index < -0.39 is 5.92 Å². The van der Waals surface area contributed by atoms with Crippen LogP contribution in [0.2, 0.25) is 10.0 Å². The third-order valence-electron chi connectivity index (χ3n) is 3.95. The summed E-state index contributed by atoms with van der Waals surface area (Å²) < 4.78 is 0. The zero-order valence-corrected chi connectivity index (χ0v) is 16.3. The van der Waals surface area contributed by atoms with Crippen LogP contribution in [0.1, 0.15) is 43.4 Å². The summed E-state index contributed by atoms with van der Waals surface area (Å²) >= 11 is 12.0. The lowest BCUT2D eigenvalue weighted by molar-refractivity contribution is -0.119. The molecule has 0 bridgehead atoms. The molecule has 0 radical (unpaired) electrons. The average molecular weight is 387 g/mol. The lowest BCUT2D eigenvalue weighted by atomic mass is 9.85. The van der Waals surface area contributed by atoms with Crippen LogP contribution in [0.4, 0.5) is 0 Å². The minimum Gasteiger partial charge on any atom is -0.369 e. The Morgan fingerprint density at radius 1 is 1.04 bits per heavy atom. The molecule has 1 atom stereocenters. The predicted octanol–water partition coefficient (Wildman–Crippen LogP) is 5.52. The molecular weight excluding hydrogens is 365 g/mol. The van der Waals surface area contributed by atoms with Gasteiger partial charge in [0.15, 0.2) is 0 Å². The van der Waals surface area contributed by atoms with E-state index in [0.29, 0.717) is 16.5 Å². The molecule has 1 unspecified atom stereocenters. The first-order valence-electron chi connectivity index (χ1n) is 7.52. The molecule has 1 amide bonds. The number of carbonyl (C=O) groups is 1. The van der Waals surface area contributed by atoms with Crippen molar-refractivity contribution < 1.29 is 4.79 Å². The quantitative estimate of drug-likeness (QED) is 0.738. The molecule has 5 heteroatoms. The topological polar surface area (TPSA) is 43.1 Å². The summed E-state index contributed by atoms with van der Waals surface area (Å²) in [5.74, 6) is -0.798. The van der Waals surface area contributed by atoms with Gasteiger partial charge in [-0.15, -0.1) is 12.4 Å². The molecule has 2 N–H and O–H groups in total. The molecule has 0 aliphatic carbocycles. The summed E-state index contributed by atoms with van der Waals surface area (Å²) in [6.45, 7) is 6.51. The zero-order chi connectivity index (χ0) is 17.2. The minimum atomic E-state index is -0.426. The van der Waals surface area contributed by atoms with Crippen LogP contribution in [0.15, 0.2) is 42.5 Å². The van der Waals surface area contributed by atoms with Crippen molar-refractivity contribution in [3.05, 3.63) is 69.2 Å². The number of benzene rings is 2. The first-order chi connectivity index (χ1) is 10.7. The highest BCUT2D eigenvalue weighted by molar-refractivity contribution is 6.42. The van der Waals surface area contributed by atoms with Crippen LogP contribution < -0.4 is 5.73 Å². The fourth-order valence-electron chi connectivity index (χ4n) is 2.49. The van der Waals surface area contributed by atoms with E-state index in [2.05, 4.69) is 32.9 Å². The van der Waals surface area contributed by atoms with Crippen LogP contribution >= 0.6 is 35.6 Å². The van der Waals surface area contributed by atoms with Crippen molar-refractivity contribution in [1.29, 1.82) is 0 Å². The Balaban J connectivity index is 0.00000288. The Kier molecular flexibility index (Phi) is 7.15. The third-order valence-corrected chi connectivity index (χ3v) is 4.69. The van der Waals surface area contributed by atoms with Gasteiger partial charge in [-0.1, -0.05) is 74.3 Å². The fourth-order valence-corrected chi connectivity index (χ4v) is 2.79. The van der Waals surface area contributed by atoms with Crippen LogP contribution in [0.3, 0.4) is 0 Å². The van der Waals surface area contributed by atoms with Crippen molar-refractivity contribution in [2.45, 2.75) is 38.5 Å². The molecule has 24 heavy (non-hydrogen) atoms. The van der Waals surface area contributed by atoms with Crippen molar-refractivity contribution in [1.82, 2.24) is 0 Å². The molecule has 0 saturated carbocycles. The minimum absolute atomic E-state index is 0. The monoisotopic (exact) mass is 385 g/mol. The summed E-state index contributed by atoms with van der Waals surface area (Å²) in [7, 11) is 0. The Labute approximate surface area is 159 Å². The summed E-state index contributed by atoms with van der Waals surface area (Å²) in [5.41, 5.74) is 8.79. The SMILES string of the molecule is CC(C)(C)c1ccc(CC(C(N)=O)c2ccc(Cl)c(Cl)c2)cc1.Cl. The van der Waals surface area contributed by atoms with Gasteiger partial charge in [-0.05, 0) is 40.7 Å². The molecule has 0 heterocycles. The van der Waals surface area contributed by atoms with E-state index in [-0.39, 0.29) is 23.7 Å². The first kappa shape index (κ1) is 20.8. The number of primary amides is 1. The summed E-state index contributed by atoms with van der Waals surface area (Å²) in [4.78, 5) is 11.9. The van der Waals surface area contributed by atoms with Crippen LogP contribution in [-0.2, 0) is 16.6 Å². The largest absolute Gasteiger partial charge is 0.369 e. The number of halogens is 3. The second kappa shape index (κ2) is 8.24. The maximum absolute atomic E-state index is 11.9. The molecule has 2 aromatic carbocycles. The van der Waals surface area contributed by atoms with Crippen molar-refractivity contribution in [2.24, 2.45) is 5.73 Å². The van der Waals surface area contributed by atoms with Gasteiger partial charge < -0.3 is 5.73 Å². The molecule has 0 spiro atoms. The molecular formula is C19H22Cl3NO. The number of hydrogen-bond donors (Lipinski definition) is 1. The van der Waals surface area contributed by atoms with Gasteiger partial charge >= 0.3 is 0 Å². The Morgan fingerprint density at radius 3 is 2.08 bits per heavy atom. The van der Waals surface area contributed by atoms with Crippen LogP contribution in [0.5, 0.6) is 0 Å². The maximum atomic E-state index is 11.9. The van der Waals surface area contributed by atoms with E-state index in [9.17, 15) is 4.79 Å². The second-order valence-electron chi connectivity index (χ2n) is 6.78. The number of rotatable bonds is 4. The van der Waals surface area contributed by atoms with E-state index in [1.54, 1.807) is 18.2 Å². The standard InChI is InChI=1S/C19H21Cl2NO.ClH/c1-19(2,3)14-7-4-12(5-8-14)10-15(18(22)23)13-6-9-16(20)17(21)11-13;/h4-9,11,15H,10H2,1-3H3,(H2,22,23);1H. The molecule has 2 nitrogen and oxygen atoms in total. The van der Waals surface area contributed by atoms with Crippen LogP contribution in [0.25, 0.3) is 0 Å². The Hall–Kier alpha value is -1.22. The number of carbonyl (C=O) groups excluding carboxylic acids is 1. The Bertz CT molecular complexity index is 706. The van der Waals surface area contributed by atoms with E-state index in [0.717, 1.165) is 11.1 Å². The lowest BCUT2D eigenvalue weighted by Crippen LogP contribution is -2.23. The zero-order valence-electron chi connectivity index (χ0n) is 14.0. The van der Waals surface area contributed by atoms with Crippen molar-refractivity contribution in [2.75, 3.05) is 0 Å². The molecule has 2 aromatic rings. The third kappa shape index (κ3) is 5.14. The normalized spacial score (nSPS) is 12.4. The summed E-state index contributed by atoms with van der Waals surface area (Å²) in [5, 5.41) is 0.895. The van der Waals surface area contributed by atoms with Crippen LogP contribution in [-0.4, -0.2) is 5.91 Å². The molecule has 0 fully saturated rings. The number of amides is 1. The highest BCUT2D eigenvalue weighted by Gasteiger charge is 2.20. The van der Waals surface area contributed by atoms with Gasteiger partial charge in [0.05, 0.1) is 16.0 Å². The van der Waals surface area contributed by atoms with Gasteiger partial charge in [0.25, 0.3) is 0 Å². The first-order valence-corrected chi connectivity index (χ1v) is 8.28. The van der Waals surface area contributed by atoms with Gasteiger partial charge in [0.2, 0.25) is 5.91 Å². The van der Waals surface area contributed by atoms with E-state index >= 15 is 0 Å². The molecule has 130 valence electrons. The van der Waals surface area contributed by atoms with E-state index in [1.165, 1.54) is 5.56 Å². The molecule has 0 aliphatic heterocycles. The molecule has 0 aliphatic rings. The molecule has 2 rings (SSSR count). The van der Waals surface area contributed by atoms with Gasteiger partial charge in [-0.25, -0.2) is 0 Å². The van der Waals surface area contributed by atoms with Gasteiger partial charge in [0.1, 0.15) is 0 Å². The number of nitrogens with two attached hydrogens (primary N) is 1. The second-order valence-corrected chi connectivity index (χ2v) is 7.59. The lowest BCUT2D eigenvalue weighted by Gasteiger charge is -2.20. The van der Waals surface area contributed by atoms with Crippen molar-refractivity contribution >= 4 is 41.5 Å². The van der Waals surface area contributed by atoms with E-state index in [1.807, 2.05) is 12.1 Å². The average Bonchev–Trinajstić information content (AvgIpc) is 2.47. The van der Waals surface area contributed by atoms with E-state index in [4.69, 9.17) is 28.9 Å². The predicted molar refractivity (Wildman–Crippen MR) is 104 cm³/mol. The summed E-state index contributed by atoms with van der Waals surface area (Å²) in [6.07, 6.45) is 0.539. The fraction of sp³-hybridized carbons (Fsp3) is 0.316. The van der Waals surface area contributed by atoms with Gasteiger partial charge in [-0.3, -0.25) is 4.79 Å². The highest BCUT2D eigenvalue weighted by atomic mass is 35.5. The number of hydrogen-bond acceptors (Lipinski definition) is 1.